The van der Waals surface area contributed by atoms with E-state index in [2.05, 4.69) is 61.4 Å². The molecule has 0 aliphatic heterocycles. The van der Waals surface area contributed by atoms with Crippen molar-refractivity contribution in [2.24, 2.45) is 0 Å². The monoisotopic (exact) mass is 403 g/mol. The van der Waals surface area contributed by atoms with E-state index in [1.165, 1.54) is 11.1 Å². The van der Waals surface area contributed by atoms with Crippen molar-refractivity contribution in [3.63, 3.8) is 0 Å². The van der Waals surface area contributed by atoms with Gasteiger partial charge in [-0.3, -0.25) is 0 Å². The minimum Gasteiger partial charge on any atom is -0.496 e. The van der Waals surface area contributed by atoms with Crippen LogP contribution in [0.4, 0.5) is 0 Å². The number of nitrogens with one attached hydrogen (secondary N) is 1. The van der Waals surface area contributed by atoms with Crippen LogP contribution in [0.2, 0.25) is 0 Å². The molecule has 1 atom stereocenters. The number of ether oxygens (including phenoxy) is 1. The zero-order valence-electron chi connectivity index (χ0n) is 11.0. The molecule has 0 bridgehead atoms. The van der Waals surface area contributed by atoms with Gasteiger partial charge in [0.05, 0.1) is 20.7 Å². The third kappa shape index (κ3) is 3.21. The predicted molar refractivity (Wildman–Crippen MR) is 88.4 cm³/mol. The Morgan fingerprint density at radius 2 is 2.00 bits per heavy atom. The molecule has 19 heavy (non-hydrogen) atoms. The molecule has 5 heteroatoms. The van der Waals surface area contributed by atoms with E-state index < -0.39 is 0 Å². The number of benzene rings is 1. The van der Waals surface area contributed by atoms with Crippen LogP contribution in [0.25, 0.3) is 0 Å². The van der Waals surface area contributed by atoms with Crippen LogP contribution < -0.4 is 10.1 Å². The Kier molecular flexibility index (Phi) is 5.06. The zero-order valence-corrected chi connectivity index (χ0v) is 14.9. The van der Waals surface area contributed by atoms with Crippen LogP contribution in [0.3, 0.4) is 0 Å². The van der Waals surface area contributed by atoms with Gasteiger partial charge >= 0.3 is 0 Å². The highest BCUT2D eigenvalue weighted by atomic mass is 79.9. The average Bonchev–Trinajstić information content (AvgIpc) is 2.71. The van der Waals surface area contributed by atoms with Gasteiger partial charge in [-0.25, -0.2) is 0 Å². The topological polar surface area (TPSA) is 21.3 Å². The summed E-state index contributed by atoms with van der Waals surface area (Å²) in [5.41, 5.74) is 3.56. The van der Waals surface area contributed by atoms with Crippen molar-refractivity contribution in [2.75, 3.05) is 14.2 Å². The van der Waals surface area contributed by atoms with E-state index >= 15 is 0 Å². The third-order valence-electron chi connectivity index (χ3n) is 3.05. The van der Waals surface area contributed by atoms with Crippen LogP contribution >= 0.6 is 43.2 Å². The molecular weight excluding hydrogens is 390 g/mol. The van der Waals surface area contributed by atoms with E-state index in [9.17, 15) is 0 Å². The number of rotatable bonds is 4. The zero-order chi connectivity index (χ0) is 14.0. The Morgan fingerprint density at radius 3 is 2.53 bits per heavy atom. The summed E-state index contributed by atoms with van der Waals surface area (Å²) < 4.78 is 7.66. The highest BCUT2D eigenvalue weighted by molar-refractivity contribution is 9.12. The van der Waals surface area contributed by atoms with Crippen molar-refractivity contribution in [2.45, 2.75) is 13.0 Å². The Morgan fingerprint density at radius 1 is 1.26 bits per heavy atom. The number of hydrogen-bond donors (Lipinski definition) is 1. The summed E-state index contributed by atoms with van der Waals surface area (Å²) in [6, 6.07) is 8.60. The standard InChI is InChI=1S/C14H15Br2NOS/c1-8-4-5-9(6-11(8)18-3)13(17-2)10-7-12(15)19-14(10)16/h4-7,13,17H,1-3H3. The average molecular weight is 405 g/mol. The van der Waals surface area contributed by atoms with Gasteiger partial charge in [-0.15, -0.1) is 11.3 Å². The predicted octanol–water partition coefficient (Wildman–Crippen LogP) is 4.90. The maximum atomic E-state index is 5.41. The molecule has 1 aromatic carbocycles. The van der Waals surface area contributed by atoms with E-state index in [4.69, 9.17) is 4.74 Å². The third-order valence-corrected chi connectivity index (χ3v) is 5.43. The summed E-state index contributed by atoms with van der Waals surface area (Å²) in [6.07, 6.45) is 0. The fraction of sp³-hybridized carbons (Fsp3) is 0.286. The normalized spacial score (nSPS) is 12.5. The van der Waals surface area contributed by atoms with Crippen LogP contribution in [-0.2, 0) is 0 Å². The van der Waals surface area contributed by atoms with E-state index in [1.54, 1.807) is 18.4 Å². The number of aryl methyl sites for hydroxylation is 1. The van der Waals surface area contributed by atoms with Gasteiger partial charge in [0.1, 0.15) is 5.75 Å². The molecule has 0 aliphatic rings. The number of thiophene rings is 1. The lowest BCUT2D eigenvalue weighted by molar-refractivity contribution is 0.410. The molecule has 0 saturated heterocycles. The largest absolute Gasteiger partial charge is 0.496 e. The van der Waals surface area contributed by atoms with Crippen LogP contribution in [0.15, 0.2) is 31.8 Å². The molecule has 1 heterocycles. The SMILES string of the molecule is CNC(c1ccc(C)c(OC)c1)c1cc(Br)sc1Br. The molecule has 0 saturated carbocycles. The Bertz CT molecular complexity index is 583. The van der Waals surface area contributed by atoms with Crippen molar-refractivity contribution in [1.29, 1.82) is 0 Å². The fourth-order valence-electron chi connectivity index (χ4n) is 2.07. The highest BCUT2D eigenvalue weighted by Crippen LogP contribution is 2.38. The Hall–Kier alpha value is -0.360. The van der Waals surface area contributed by atoms with E-state index in [1.807, 2.05) is 14.0 Å². The lowest BCUT2D eigenvalue weighted by Crippen LogP contribution is -2.17. The number of methoxy groups -OCH3 is 1. The molecule has 1 aromatic heterocycles. The van der Waals surface area contributed by atoms with Crippen molar-refractivity contribution >= 4 is 43.2 Å². The molecule has 0 amide bonds. The molecule has 0 fully saturated rings. The van der Waals surface area contributed by atoms with Crippen LogP contribution in [0.1, 0.15) is 22.7 Å². The summed E-state index contributed by atoms with van der Waals surface area (Å²) >= 11 is 8.83. The summed E-state index contributed by atoms with van der Waals surface area (Å²) in [5, 5.41) is 3.36. The van der Waals surface area contributed by atoms with Gasteiger partial charge < -0.3 is 10.1 Å². The van der Waals surface area contributed by atoms with Crippen molar-refractivity contribution in [3.8, 4) is 5.75 Å². The van der Waals surface area contributed by atoms with Gasteiger partial charge in [0.15, 0.2) is 0 Å². The quantitative estimate of drug-likeness (QED) is 0.782. The molecule has 2 rings (SSSR count). The minimum absolute atomic E-state index is 0.145. The van der Waals surface area contributed by atoms with E-state index in [0.717, 1.165) is 18.9 Å². The second kappa shape index (κ2) is 6.39. The molecule has 1 unspecified atom stereocenters. The summed E-state index contributed by atoms with van der Waals surface area (Å²) in [6.45, 7) is 2.05. The first-order valence-electron chi connectivity index (χ1n) is 5.83. The molecule has 102 valence electrons. The molecule has 2 nitrogen and oxygen atoms in total. The maximum absolute atomic E-state index is 5.41. The summed E-state index contributed by atoms with van der Waals surface area (Å²) in [7, 11) is 3.67. The van der Waals surface area contributed by atoms with Crippen LogP contribution in [0.5, 0.6) is 5.75 Å². The first-order chi connectivity index (χ1) is 9.06. The lowest BCUT2D eigenvalue weighted by atomic mass is 10.00. The second-order valence-electron chi connectivity index (χ2n) is 4.23. The van der Waals surface area contributed by atoms with Crippen molar-refractivity contribution in [3.05, 3.63) is 48.5 Å². The van der Waals surface area contributed by atoms with E-state index in [0.29, 0.717) is 0 Å². The van der Waals surface area contributed by atoms with Gasteiger partial charge in [-0.05, 0) is 74.7 Å². The van der Waals surface area contributed by atoms with Crippen LogP contribution in [0, 0.1) is 6.92 Å². The number of halogens is 2. The van der Waals surface area contributed by atoms with Crippen molar-refractivity contribution in [1.82, 2.24) is 5.32 Å². The molecule has 1 N–H and O–H groups in total. The first-order valence-corrected chi connectivity index (χ1v) is 8.23. The van der Waals surface area contributed by atoms with Gasteiger partial charge in [0.25, 0.3) is 0 Å². The maximum Gasteiger partial charge on any atom is 0.122 e. The van der Waals surface area contributed by atoms with Gasteiger partial charge in [0.2, 0.25) is 0 Å². The Labute approximate surface area is 134 Å². The summed E-state index contributed by atoms with van der Waals surface area (Å²) in [4.78, 5) is 0. The van der Waals surface area contributed by atoms with E-state index in [-0.39, 0.29) is 6.04 Å². The molecule has 0 spiro atoms. The second-order valence-corrected chi connectivity index (χ2v) is 7.98. The summed E-state index contributed by atoms with van der Waals surface area (Å²) in [5.74, 6) is 0.920. The minimum atomic E-state index is 0.145. The molecular formula is C14H15Br2NOS. The smallest absolute Gasteiger partial charge is 0.122 e. The molecule has 2 aromatic rings. The molecule has 0 aliphatic carbocycles. The van der Waals surface area contributed by atoms with Crippen molar-refractivity contribution < 1.29 is 4.74 Å². The van der Waals surface area contributed by atoms with Gasteiger partial charge in [0, 0.05) is 0 Å². The fourth-order valence-corrected chi connectivity index (χ4v) is 4.97. The Balaban J connectivity index is 2.45. The molecule has 0 radical (unpaired) electrons. The van der Waals surface area contributed by atoms with Gasteiger partial charge in [-0.2, -0.15) is 0 Å². The number of hydrogen-bond acceptors (Lipinski definition) is 3. The van der Waals surface area contributed by atoms with Gasteiger partial charge in [-0.1, -0.05) is 12.1 Å². The lowest BCUT2D eigenvalue weighted by Gasteiger charge is -2.18. The first kappa shape index (κ1) is 15.0. The highest BCUT2D eigenvalue weighted by Gasteiger charge is 2.18. The van der Waals surface area contributed by atoms with Crippen LogP contribution in [-0.4, -0.2) is 14.2 Å².